The van der Waals surface area contributed by atoms with Crippen LogP contribution in [0.5, 0.6) is 0 Å². The lowest BCUT2D eigenvalue weighted by molar-refractivity contribution is -0.153. The number of rotatable bonds is 38. The number of nitrogens with one attached hydrogen (secondary N) is 11. The van der Waals surface area contributed by atoms with E-state index in [1.54, 1.807) is 72.0 Å². The molecule has 5 aromatic carbocycles. The Kier molecular flexibility index (Phi) is 29.1. The molecule has 31 nitrogen and oxygen atoms in total. The summed E-state index contributed by atoms with van der Waals surface area (Å²) in [6.45, 7) is 2.15. The number of carbonyl (C=O) groups is 13. The Labute approximate surface area is 584 Å². The van der Waals surface area contributed by atoms with Crippen molar-refractivity contribution >= 4 is 77.0 Å². The van der Waals surface area contributed by atoms with Gasteiger partial charge in [-0.3, -0.25) is 57.5 Å². The maximum Gasteiger partial charge on any atom is 0.326 e. The van der Waals surface area contributed by atoms with Gasteiger partial charge in [-0.15, -0.1) is 0 Å². The molecule has 0 aliphatic heterocycles. The van der Waals surface area contributed by atoms with Gasteiger partial charge in [0.05, 0.1) is 37.6 Å². The summed E-state index contributed by atoms with van der Waals surface area (Å²) in [4.78, 5) is 181. The molecule has 0 bridgehead atoms. The SMILES string of the molecule is C[C@H](NC(=O)CNC(=O)[C@H](CCC(=O)O)NC(=O)C(C)(C)NC(=O)[C@@H](N)Cc1c[nH]cn1)C(=O)N[C@@H](Cc1ccccc1)C(=O)N[C@](F)(C(=O)N[C@@H](CO)C(=O)N[C@@H](CC(=O)O)C(=O)N[C@@H](Cc1ccc(-c2ccccc2)cc1)C(=O)N[C@@H](Cc1ccc(-c2ccccc2)cc1)C(=O)O)[C@@H](C)O. The van der Waals surface area contributed by atoms with E-state index in [1.165, 1.54) is 38.5 Å². The van der Waals surface area contributed by atoms with Crippen molar-refractivity contribution in [2.45, 2.75) is 138 Å². The molecule has 10 atom stereocenters. The topological polar surface area (TPSA) is 498 Å². The minimum atomic E-state index is -3.93. The molecular weight excluding hydrogens is 1330 g/mol. The molecule has 0 saturated carbocycles. The van der Waals surface area contributed by atoms with Crippen LogP contribution < -0.4 is 58.9 Å². The Hall–Kier alpha value is -11.8. The number of amides is 10. The number of aliphatic carboxylic acids is 3. The van der Waals surface area contributed by atoms with Gasteiger partial charge >= 0.3 is 17.9 Å². The summed E-state index contributed by atoms with van der Waals surface area (Å²) in [5.41, 5.74) is 9.35. The van der Waals surface area contributed by atoms with Crippen molar-refractivity contribution in [3.8, 4) is 22.3 Å². The monoisotopic (exact) mass is 1410 g/mol. The van der Waals surface area contributed by atoms with Crippen molar-refractivity contribution in [3.63, 3.8) is 0 Å². The van der Waals surface area contributed by atoms with E-state index in [0.29, 0.717) is 29.3 Å². The van der Waals surface area contributed by atoms with E-state index < -0.39 is 182 Å². The van der Waals surface area contributed by atoms with Crippen LogP contribution in [0, 0.1) is 0 Å². The van der Waals surface area contributed by atoms with Gasteiger partial charge in [0.2, 0.25) is 53.2 Å². The molecule has 0 aliphatic carbocycles. The molecule has 32 heteroatoms. The van der Waals surface area contributed by atoms with Crippen LogP contribution in [0.3, 0.4) is 0 Å². The van der Waals surface area contributed by atoms with Gasteiger partial charge in [-0.1, -0.05) is 140 Å². The van der Waals surface area contributed by atoms with Crippen LogP contribution in [0.4, 0.5) is 4.39 Å². The van der Waals surface area contributed by atoms with E-state index in [-0.39, 0.29) is 19.3 Å². The number of carbonyl (C=O) groups excluding carboxylic acids is 10. The quantitative estimate of drug-likeness (QED) is 0.0214. The van der Waals surface area contributed by atoms with Crippen LogP contribution in [0.2, 0.25) is 0 Å². The summed E-state index contributed by atoms with van der Waals surface area (Å²) in [7, 11) is 0. The highest BCUT2D eigenvalue weighted by Gasteiger charge is 2.48. The number of aromatic amines is 1. The summed E-state index contributed by atoms with van der Waals surface area (Å²) < 4.78 is 17.2. The smallest absolute Gasteiger partial charge is 0.326 e. The predicted molar refractivity (Wildman–Crippen MR) is 364 cm³/mol. The largest absolute Gasteiger partial charge is 0.481 e. The number of carboxylic acids is 3. The number of hydrogen-bond donors (Lipinski definition) is 17. The second-order valence-corrected chi connectivity index (χ2v) is 24.4. The van der Waals surface area contributed by atoms with Crippen molar-refractivity contribution in [2.75, 3.05) is 13.2 Å². The van der Waals surface area contributed by atoms with Crippen LogP contribution in [-0.4, -0.2) is 191 Å². The van der Waals surface area contributed by atoms with E-state index in [4.69, 9.17) is 5.73 Å². The Bertz CT molecular complexity index is 3910. The lowest BCUT2D eigenvalue weighted by Gasteiger charge is -2.32. The lowest BCUT2D eigenvalue weighted by atomic mass is 9.98. The molecule has 6 rings (SSSR count). The molecule has 542 valence electrons. The number of imidazole rings is 1. The van der Waals surface area contributed by atoms with E-state index in [2.05, 4.69) is 52.5 Å². The average Bonchev–Trinajstić information content (AvgIpc) is 0.875. The minimum Gasteiger partial charge on any atom is -0.481 e. The number of alkyl halides is 1. The third-order valence-electron chi connectivity index (χ3n) is 16.0. The highest BCUT2D eigenvalue weighted by Crippen LogP contribution is 2.23. The molecule has 0 unspecified atom stereocenters. The molecule has 1 heterocycles. The van der Waals surface area contributed by atoms with Crippen LogP contribution in [0.25, 0.3) is 22.3 Å². The average molecular weight is 1410 g/mol. The van der Waals surface area contributed by atoms with Crippen molar-refractivity contribution in [1.82, 2.24) is 63.1 Å². The highest BCUT2D eigenvalue weighted by atomic mass is 19.1. The number of benzene rings is 5. The number of aromatic nitrogens is 2. The Morgan fingerprint density at radius 2 is 0.961 bits per heavy atom. The second kappa shape index (κ2) is 37.4. The van der Waals surface area contributed by atoms with Gasteiger partial charge in [-0.2, -0.15) is 0 Å². The fraction of sp³-hybridized carbons (Fsp3) is 0.343. The number of halogens is 1. The van der Waals surface area contributed by atoms with E-state index in [9.17, 15) is 87.9 Å². The predicted octanol–water partition coefficient (Wildman–Crippen LogP) is -0.655. The van der Waals surface area contributed by atoms with E-state index >= 15 is 4.39 Å². The van der Waals surface area contributed by atoms with Gasteiger partial charge in [0.25, 0.3) is 11.7 Å². The van der Waals surface area contributed by atoms with Crippen molar-refractivity contribution in [2.24, 2.45) is 5.73 Å². The number of aliphatic hydroxyl groups excluding tert-OH is 2. The van der Waals surface area contributed by atoms with Gasteiger partial charge < -0.3 is 89.4 Å². The van der Waals surface area contributed by atoms with Gasteiger partial charge in [0.15, 0.2) is 0 Å². The molecule has 0 spiro atoms. The van der Waals surface area contributed by atoms with Crippen LogP contribution >= 0.6 is 0 Å². The molecule has 10 amide bonds. The maximum atomic E-state index is 17.2. The Morgan fingerprint density at radius 1 is 0.500 bits per heavy atom. The number of carboxylic acid groups (broad SMARTS) is 3. The van der Waals surface area contributed by atoms with E-state index in [1.807, 2.05) is 66.0 Å². The summed E-state index contributed by atoms with van der Waals surface area (Å²) in [6.07, 6.45) is -2.94. The zero-order chi connectivity index (χ0) is 74.8. The van der Waals surface area contributed by atoms with Crippen molar-refractivity contribution < 1.29 is 92.3 Å². The summed E-state index contributed by atoms with van der Waals surface area (Å²) in [5.74, 6) is -20.7. The fourth-order valence-corrected chi connectivity index (χ4v) is 10.1. The van der Waals surface area contributed by atoms with E-state index in [0.717, 1.165) is 29.2 Å². The number of H-pyrrole nitrogens is 1. The molecule has 0 fully saturated rings. The first-order valence-electron chi connectivity index (χ1n) is 32.1. The third-order valence-corrected chi connectivity index (χ3v) is 16.0. The normalized spacial score (nSPS) is 14.4. The number of hydrogen-bond acceptors (Lipinski definition) is 17. The van der Waals surface area contributed by atoms with Crippen LogP contribution in [0.1, 0.15) is 69.3 Å². The number of nitrogens with zero attached hydrogens (tertiary/aromatic N) is 1. The molecule has 0 radical (unpaired) electrons. The summed E-state index contributed by atoms with van der Waals surface area (Å²) >= 11 is 0. The fourth-order valence-electron chi connectivity index (χ4n) is 10.1. The van der Waals surface area contributed by atoms with Crippen LogP contribution in [-0.2, 0) is 88.0 Å². The van der Waals surface area contributed by atoms with Gasteiger partial charge in [-0.25, -0.2) is 14.2 Å². The zero-order valence-corrected chi connectivity index (χ0v) is 55.9. The van der Waals surface area contributed by atoms with Gasteiger partial charge in [0, 0.05) is 38.3 Å². The Balaban J connectivity index is 1.12. The zero-order valence-electron chi connectivity index (χ0n) is 55.9. The molecule has 0 aliphatic rings. The second-order valence-electron chi connectivity index (χ2n) is 24.4. The van der Waals surface area contributed by atoms with Crippen molar-refractivity contribution in [3.05, 3.63) is 174 Å². The molecule has 0 saturated heterocycles. The van der Waals surface area contributed by atoms with Crippen LogP contribution in [0.15, 0.2) is 152 Å². The molecule has 6 aromatic rings. The van der Waals surface area contributed by atoms with Gasteiger partial charge in [0.1, 0.15) is 53.9 Å². The Morgan fingerprint density at radius 3 is 1.46 bits per heavy atom. The van der Waals surface area contributed by atoms with Crippen molar-refractivity contribution in [1.29, 1.82) is 0 Å². The first-order valence-corrected chi connectivity index (χ1v) is 32.1. The summed E-state index contributed by atoms with van der Waals surface area (Å²) in [6, 6.07) is 26.0. The molecule has 1 aromatic heterocycles. The number of nitrogens with two attached hydrogens (primary N) is 1. The minimum absolute atomic E-state index is 0.000855. The summed E-state index contributed by atoms with van der Waals surface area (Å²) in [5, 5.41) is 73.0. The molecule has 102 heavy (non-hydrogen) atoms. The highest BCUT2D eigenvalue weighted by molar-refractivity contribution is 6.00. The maximum absolute atomic E-state index is 17.2. The lowest BCUT2D eigenvalue weighted by Crippen LogP contribution is -2.67. The molecular formula is C70H82FN13O18. The molecule has 18 N–H and O–H groups in total. The van der Waals surface area contributed by atoms with Gasteiger partial charge in [-0.05, 0) is 73.1 Å². The number of aliphatic hydroxyl groups is 2. The first-order chi connectivity index (χ1) is 48.3. The first kappa shape index (κ1) is 79.2. The third kappa shape index (κ3) is 24.0. The standard InChI is InChI=1S/C70H82FN13O18/c1-39(76-56(87)36-74-61(94)50(28-29-57(88)89)81-67(101)69(3,4)83-60(93)49(72)33-48-35-73-38-75-48)59(92)77-52(30-41-14-8-5-9-15-41)65(98)84-70(71,40(2)86)68(102)82-55(37-85)64(97)79-53(34-58(90)91)63(96)78-51(31-42-20-24-46(25-21-42)44-16-10-6-11-17-44)62(95)80-54(66(99)100)32-43-22-26-47(27-23-43)45-18-12-7-13-19-45/h5-27,35,38-40,49-55,85-86H,28-34,36-37,72H2,1-4H3,(H,73,75)(H,74,94)(H,76,87)(H,77,92)(H,78,96)(H,79,97)(H,80,95)(H,81,101)(H,82,102)(H,83,93)(H,84,98)(H,88,89)(H,90,91)(H,99,100)/t39-,40+,49-,50-,51-,52-,53-,54-,55-,70-/m0/s1.